The second-order valence-corrected chi connectivity index (χ2v) is 5.33. The number of aromatic nitrogens is 2. The van der Waals surface area contributed by atoms with E-state index in [4.69, 9.17) is 5.73 Å². The fourth-order valence-electron chi connectivity index (χ4n) is 1.72. The maximum atomic E-state index is 5.49. The molecule has 19 heavy (non-hydrogen) atoms. The van der Waals surface area contributed by atoms with Gasteiger partial charge in [-0.2, -0.15) is 0 Å². The Morgan fingerprint density at radius 3 is 2.74 bits per heavy atom. The number of nitrogens with two attached hydrogens (primary N) is 1. The van der Waals surface area contributed by atoms with E-state index in [-0.39, 0.29) is 0 Å². The van der Waals surface area contributed by atoms with Crippen LogP contribution in [-0.4, -0.2) is 36.6 Å². The molecule has 0 aliphatic rings. The molecule has 0 atom stereocenters. The van der Waals surface area contributed by atoms with Crippen LogP contribution in [0.3, 0.4) is 0 Å². The topological polar surface area (TPSA) is 67.1 Å². The van der Waals surface area contributed by atoms with Crippen LogP contribution in [0.1, 0.15) is 32.5 Å². The van der Waals surface area contributed by atoms with E-state index in [1.54, 1.807) is 0 Å². The Kier molecular flexibility index (Phi) is 6.56. The van der Waals surface area contributed by atoms with Crippen LogP contribution in [0.15, 0.2) is 6.07 Å². The lowest BCUT2D eigenvalue weighted by Crippen LogP contribution is -2.22. The summed E-state index contributed by atoms with van der Waals surface area (Å²) in [6, 6.07) is 2.00. The molecular formula is C14H27N5. The Balaban J connectivity index is 2.66. The van der Waals surface area contributed by atoms with Crippen molar-refractivity contribution >= 4 is 11.6 Å². The van der Waals surface area contributed by atoms with E-state index in [0.29, 0.717) is 12.5 Å². The predicted octanol–water partition coefficient (Wildman–Crippen LogP) is 2.03. The molecule has 108 valence electrons. The molecule has 0 amide bonds. The summed E-state index contributed by atoms with van der Waals surface area (Å²) in [7, 11) is 2.08. The third-order valence-corrected chi connectivity index (χ3v) is 2.94. The molecule has 3 N–H and O–H groups in total. The van der Waals surface area contributed by atoms with Crippen LogP contribution in [0, 0.1) is 12.8 Å². The lowest BCUT2D eigenvalue weighted by molar-refractivity contribution is 0.583. The van der Waals surface area contributed by atoms with Crippen molar-refractivity contribution in [3.63, 3.8) is 0 Å². The maximum Gasteiger partial charge on any atom is 0.134 e. The van der Waals surface area contributed by atoms with Crippen molar-refractivity contribution in [1.82, 2.24) is 9.97 Å². The van der Waals surface area contributed by atoms with Crippen LogP contribution in [0.25, 0.3) is 0 Å². The van der Waals surface area contributed by atoms with Crippen molar-refractivity contribution in [2.24, 2.45) is 11.7 Å². The molecule has 0 unspecified atom stereocenters. The van der Waals surface area contributed by atoms with Crippen molar-refractivity contribution in [1.29, 1.82) is 0 Å². The first-order valence-electron chi connectivity index (χ1n) is 7.03. The molecule has 0 aliphatic carbocycles. The fourth-order valence-corrected chi connectivity index (χ4v) is 1.72. The SMILES string of the molecule is Cc1nc(NCCCN)cc(N(C)CCC(C)C)n1. The first-order chi connectivity index (χ1) is 9.02. The normalized spacial score (nSPS) is 10.8. The van der Waals surface area contributed by atoms with E-state index in [2.05, 4.69) is 41.1 Å². The molecule has 5 heteroatoms. The van der Waals surface area contributed by atoms with E-state index >= 15 is 0 Å². The van der Waals surface area contributed by atoms with Gasteiger partial charge in [0.25, 0.3) is 0 Å². The van der Waals surface area contributed by atoms with E-state index in [9.17, 15) is 0 Å². The smallest absolute Gasteiger partial charge is 0.134 e. The summed E-state index contributed by atoms with van der Waals surface area (Å²) in [5, 5.41) is 3.29. The zero-order chi connectivity index (χ0) is 14.3. The van der Waals surface area contributed by atoms with E-state index in [1.165, 1.54) is 0 Å². The summed E-state index contributed by atoms with van der Waals surface area (Å²) >= 11 is 0. The molecule has 0 fully saturated rings. The van der Waals surface area contributed by atoms with Gasteiger partial charge in [0, 0.05) is 26.2 Å². The first kappa shape index (κ1) is 15.7. The average Bonchev–Trinajstić information content (AvgIpc) is 2.35. The van der Waals surface area contributed by atoms with Crippen molar-refractivity contribution in [3.05, 3.63) is 11.9 Å². The van der Waals surface area contributed by atoms with Gasteiger partial charge < -0.3 is 16.0 Å². The summed E-state index contributed by atoms with van der Waals surface area (Å²) in [5.41, 5.74) is 5.49. The monoisotopic (exact) mass is 265 g/mol. The molecule has 0 saturated heterocycles. The summed E-state index contributed by atoms with van der Waals surface area (Å²) in [6.07, 6.45) is 2.11. The maximum absolute atomic E-state index is 5.49. The van der Waals surface area contributed by atoms with Gasteiger partial charge >= 0.3 is 0 Å². The Bertz CT molecular complexity index is 378. The van der Waals surface area contributed by atoms with Crippen LogP contribution in [0.4, 0.5) is 11.6 Å². The molecule has 0 aromatic carbocycles. The molecular weight excluding hydrogens is 238 g/mol. The molecule has 1 rings (SSSR count). The highest BCUT2D eigenvalue weighted by molar-refractivity contribution is 5.48. The average molecular weight is 265 g/mol. The minimum atomic E-state index is 0.693. The second-order valence-electron chi connectivity index (χ2n) is 5.33. The highest BCUT2D eigenvalue weighted by atomic mass is 15.2. The molecule has 0 saturated carbocycles. The van der Waals surface area contributed by atoms with Gasteiger partial charge in [-0.15, -0.1) is 0 Å². The molecule has 0 bridgehead atoms. The molecule has 5 nitrogen and oxygen atoms in total. The number of hydrogen-bond acceptors (Lipinski definition) is 5. The number of nitrogens with zero attached hydrogens (tertiary/aromatic N) is 3. The van der Waals surface area contributed by atoms with E-state index in [0.717, 1.165) is 43.4 Å². The second kappa shape index (κ2) is 7.94. The van der Waals surface area contributed by atoms with Gasteiger partial charge in [0.05, 0.1) is 0 Å². The Morgan fingerprint density at radius 1 is 1.37 bits per heavy atom. The highest BCUT2D eigenvalue weighted by Crippen LogP contribution is 2.15. The van der Waals surface area contributed by atoms with Crippen molar-refractivity contribution < 1.29 is 0 Å². The molecule has 1 heterocycles. The van der Waals surface area contributed by atoms with Crippen LogP contribution >= 0.6 is 0 Å². The minimum Gasteiger partial charge on any atom is -0.370 e. The van der Waals surface area contributed by atoms with Crippen molar-refractivity contribution in [2.75, 3.05) is 36.9 Å². The number of rotatable bonds is 8. The Hall–Kier alpha value is -1.36. The molecule has 1 aromatic rings. The van der Waals surface area contributed by atoms with Crippen LogP contribution in [0.2, 0.25) is 0 Å². The molecule has 0 spiro atoms. The summed E-state index contributed by atoms with van der Waals surface area (Å²) in [6.45, 7) is 8.95. The third kappa shape index (κ3) is 5.87. The van der Waals surface area contributed by atoms with Gasteiger partial charge in [-0.25, -0.2) is 9.97 Å². The first-order valence-corrected chi connectivity index (χ1v) is 7.03. The number of hydrogen-bond donors (Lipinski definition) is 2. The van der Waals surface area contributed by atoms with Crippen molar-refractivity contribution in [3.8, 4) is 0 Å². The van der Waals surface area contributed by atoms with E-state index < -0.39 is 0 Å². The standard InChI is InChI=1S/C14H27N5/c1-11(2)6-9-19(4)14-10-13(16-8-5-7-15)17-12(3)18-14/h10-11H,5-9,15H2,1-4H3,(H,16,17,18). The van der Waals surface area contributed by atoms with Gasteiger partial charge in [-0.1, -0.05) is 13.8 Å². The predicted molar refractivity (Wildman–Crippen MR) is 81.7 cm³/mol. The summed E-state index contributed by atoms with van der Waals surface area (Å²) < 4.78 is 0. The van der Waals surface area contributed by atoms with Crippen LogP contribution in [0.5, 0.6) is 0 Å². The van der Waals surface area contributed by atoms with Gasteiger partial charge in [0.15, 0.2) is 0 Å². The van der Waals surface area contributed by atoms with Crippen LogP contribution < -0.4 is 16.0 Å². The molecule has 1 aromatic heterocycles. The van der Waals surface area contributed by atoms with Gasteiger partial charge in [-0.05, 0) is 32.2 Å². The van der Waals surface area contributed by atoms with Crippen LogP contribution in [-0.2, 0) is 0 Å². The quantitative estimate of drug-likeness (QED) is 0.704. The van der Waals surface area contributed by atoms with Gasteiger partial charge in [0.1, 0.15) is 17.5 Å². The number of aryl methyl sites for hydroxylation is 1. The number of nitrogens with one attached hydrogen (secondary N) is 1. The van der Waals surface area contributed by atoms with Crippen molar-refractivity contribution in [2.45, 2.75) is 33.6 Å². The fraction of sp³-hybridized carbons (Fsp3) is 0.714. The molecule has 0 aliphatic heterocycles. The lowest BCUT2D eigenvalue weighted by atomic mass is 10.1. The summed E-state index contributed by atoms with van der Waals surface area (Å²) in [5.74, 6) is 3.35. The van der Waals surface area contributed by atoms with Gasteiger partial charge in [0.2, 0.25) is 0 Å². The lowest BCUT2D eigenvalue weighted by Gasteiger charge is -2.20. The Morgan fingerprint density at radius 2 is 2.11 bits per heavy atom. The zero-order valence-electron chi connectivity index (χ0n) is 12.6. The Labute approximate surface area is 116 Å². The highest BCUT2D eigenvalue weighted by Gasteiger charge is 2.07. The minimum absolute atomic E-state index is 0.693. The van der Waals surface area contributed by atoms with Gasteiger partial charge in [-0.3, -0.25) is 0 Å². The summed E-state index contributed by atoms with van der Waals surface area (Å²) in [4.78, 5) is 11.1. The largest absolute Gasteiger partial charge is 0.370 e. The molecule has 0 radical (unpaired) electrons. The number of anilines is 2. The third-order valence-electron chi connectivity index (χ3n) is 2.94. The zero-order valence-corrected chi connectivity index (χ0v) is 12.6. The van der Waals surface area contributed by atoms with E-state index in [1.807, 2.05) is 13.0 Å².